The summed E-state index contributed by atoms with van der Waals surface area (Å²) in [4.78, 5) is 2.65. The second-order valence-electron chi connectivity index (χ2n) is 8.46. The van der Waals surface area contributed by atoms with Gasteiger partial charge in [-0.2, -0.15) is 0 Å². The van der Waals surface area contributed by atoms with E-state index in [-0.39, 0.29) is 0 Å². The Hall–Kier alpha value is -0.120. The van der Waals surface area contributed by atoms with Crippen LogP contribution < -0.4 is 5.32 Å². The number of nitrogens with one attached hydrogen (secondary N) is 1. The van der Waals surface area contributed by atoms with Crippen LogP contribution in [0.1, 0.15) is 52.9 Å². The molecule has 3 nitrogen and oxygen atoms in total. The minimum atomic E-state index is 0.377. The molecule has 1 aliphatic heterocycles. The van der Waals surface area contributed by atoms with E-state index in [2.05, 4.69) is 38.0 Å². The monoisotopic (exact) mass is 296 g/mol. The maximum absolute atomic E-state index is 9.27. The minimum absolute atomic E-state index is 0.377. The number of hydrogen-bond acceptors (Lipinski definition) is 3. The molecule has 2 aliphatic rings. The quantitative estimate of drug-likeness (QED) is 0.837. The number of likely N-dealkylation sites (tertiary alicyclic amines) is 1. The molecule has 0 aromatic rings. The molecule has 0 aromatic carbocycles. The fraction of sp³-hybridized carbons (Fsp3) is 1.00. The third-order valence-corrected chi connectivity index (χ3v) is 6.04. The Balaban J connectivity index is 1.89. The Kier molecular flexibility index (Phi) is 6.10. The van der Waals surface area contributed by atoms with Gasteiger partial charge >= 0.3 is 0 Å². The molecule has 0 amide bonds. The van der Waals surface area contributed by atoms with Gasteiger partial charge in [0.1, 0.15) is 0 Å². The van der Waals surface area contributed by atoms with E-state index in [9.17, 15) is 5.11 Å². The largest absolute Gasteiger partial charge is 0.396 e. The summed E-state index contributed by atoms with van der Waals surface area (Å²) in [5.74, 6) is 2.20. The SMILES string of the molecule is CNC1CCC(C(C)(C)C)CC1CN1CCC(CO)CC1. The van der Waals surface area contributed by atoms with Crippen LogP contribution >= 0.6 is 0 Å². The molecule has 1 heterocycles. The fourth-order valence-corrected chi connectivity index (χ4v) is 4.32. The van der Waals surface area contributed by atoms with Crippen LogP contribution in [0.25, 0.3) is 0 Å². The van der Waals surface area contributed by atoms with Crippen molar-refractivity contribution >= 4 is 0 Å². The van der Waals surface area contributed by atoms with E-state index >= 15 is 0 Å². The maximum atomic E-state index is 9.27. The first-order valence-corrected chi connectivity index (χ1v) is 8.94. The van der Waals surface area contributed by atoms with Crippen molar-refractivity contribution in [1.29, 1.82) is 0 Å². The second-order valence-corrected chi connectivity index (χ2v) is 8.46. The lowest BCUT2D eigenvalue weighted by molar-refractivity contribution is 0.0691. The fourth-order valence-electron chi connectivity index (χ4n) is 4.32. The van der Waals surface area contributed by atoms with Crippen molar-refractivity contribution in [3.05, 3.63) is 0 Å². The third kappa shape index (κ3) is 4.67. The molecule has 1 saturated heterocycles. The number of rotatable bonds is 4. The maximum Gasteiger partial charge on any atom is 0.0460 e. The highest BCUT2D eigenvalue weighted by atomic mass is 16.3. The number of hydrogen-bond donors (Lipinski definition) is 2. The molecule has 0 bridgehead atoms. The van der Waals surface area contributed by atoms with Gasteiger partial charge in [-0.25, -0.2) is 0 Å². The highest BCUT2D eigenvalue weighted by Crippen LogP contribution is 2.40. The van der Waals surface area contributed by atoms with Gasteiger partial charge in [-0.1, -0.05) is 20.8 Å². The molecule has 124 valence electrons. The topological polar surface area (TPSA) is 35.5 Å². The second kappa shape index (κ2) is 7.43. The van der Waals surface area contributed by atoms with Crippen LogP contribution in [0, 0.1) is 23.2 Å². The Morgan fingerprint density at radius 2 is 1.76 bits per heavy atom. The predicted molar refractivity (Wildman–Crippen MR) is 89.4 cm³/mol. The Morgan fingerprint density at radius 1 is 1.10 bits per heavy atom. The molecule has 3 unspecified atom stereocenters. The molecule has 3 heteroatoms. The van der Waals surface area contributed by atoms with E-state index < -0.39 is 0 Å². The number of aliphatic hydroxyl groups excluding tert-OH is 1. The van der Waals surface area contributed by atoms with Crippen LogP contribution in [0.15, 0.2) is 0 Å². The van der Waals surface area contributed by atoms with Crippen molar-refractivity contribution in [2.45, 2.75) is 58.9 Å². The number of piperidine rings is 1. The van der Waals surface area contributed by atoms with Gasteiger partial charge in [-0.05, 0) is 75.4 Å². The Morgan fingerprint density at radius 3 is 2.29 bits per heavy atom. The summed E-state index contributed by atoms with van der Waals surface area (Å²) in [6.45, 7) is 11.2. The highest BCUT2D eigenvalue weighted by Gasteiger charge is 2.36. The van der Waals surface area contributed by atoms with Gasteiger partial charge in [-0.15, -0.1) is 0 Å². The van der Waals surface area contributed by atoms with Crippen molar-refractivity contribution in [3.8, 4) is 0 Å². The zero-order chi connectivity index (χ0) is 15.5. The molecular formula is C18H36N2O. The average molecular weight is 296 g/mol. The van der Waals surface area contributed by atoms with E-state index in [4.69, 9.17) is 0 Å². The van der Waals surface area contributed by atoms with Crippen LogP contribution in [0.5, 0.6) is 0 Å². The zero-order valence-electron chi connectivity index (χ0n) is 14.6. The van der Waals surface area contributed by atoms with E-state index in [1.54, 1.807) is 0 Å². The van der Waals surface area contributed by atoms with Gasteiger partial charge in [0, 0.05) is 19.2 Å². The van der Waals surface area contributed by atoms with Gasteiger partial charge in [0.2, 0.25) is 0 Å². The van der Waals surface area contributed by atoms with Crippen molar-refractivity contribution < 1.29 is 5.11 Å². The van der Waals surface area contributed by atoms with E-state index in [0.717, 1.165) is 11.8 Å². The average Bonchev–Trinajstić information content (AvgIpc) is 2.47. The number of aliphatic hydroxyl groups is 1. The first kappa shape index (κ1) is 17.2. The molecule has 2 fully saturated rings. The molecule has 0 aromatic heterocycles. The van der Waals surface area contributed by atoms with Crippen LogP contribution in [0.3, 0.4) is 0 Å². The van der Waals surface area contributed by atoms with Gasteiger partial charge in [0.15, 0.2) is 0 Å². The Labute approximate surface area is 131 Å². The standard InChI is InChI=1S/C18H36N2O/c1-18(2,3)16-5-6-17(19-4)15(11-16)12-20-9-7-14(13-21)8-10-20/h14-17,19,21H,5-13H2,1-4H3. The molecule has 2 N–H and O–H groups in total. The van der Waals surface area contributed by atoms with Gasteiger partial charge in [-0.3, -0.25) is 0 Å². The molecule has 0 spiro atoms. The lowest BCUT2D eigenvalue weighted by atomic mass is 9.67. The molecule has 3 atom stereocenters. The predicted octanol–water partition coefficient (Wildman–Crippen LogP) is 2.74. The zero-order valence-corrected chi connectivity index (χ0v) is 14.6. The van der Waals surface area contributed by atoms with Crippen LogP contribution in [-0.4, -0.2) is 49.3 Å². The Bertz CT molecular complexity index is 305. The lowest BCUT2D eigenvalue weighted by Gasteiger charge is -2.44. The first-order chi connectivity index (χ1) is 9.94. The van der Waals surface area contributed by atoms with Gasteiger partial charge < -0.3 is 15.3 Å². The molecule has 2 rings (SSSR count). The summed E-state index contributed by atoms with van der Waals surface area (Å²) in [6, 6.07) is 0.694. The third-order valence-electron chi connectivity index (χ3n) is 6.04. The molecule has 0 radical (unpaired) electrons. The molecule has 1 saturated carbocycles. The van der Waals surface area contributed by atoms with Crippen molar-refractivity contribution in [2.75, 3.05) is 33.3 Å². The van der Waals surface area contributed by atoms with Crippen LogP contribution in [-0.2, 0) is 0 Å². The van der Waals surface area contributed by atoms with Gasteiger partial charge in [0.05, 0.1) is 0 Å². The normalized spacial score (nSPS) is 33.3. The lowest BCUT2D eigenvalue weighted by Crippen LogP contribution is -2.48. The van der Waals surface area contributed by atoms with E-state index in [0.29, 0.717) is 24.0 Å². The van der Waals surface area contributed by atoms with Crippen molar-refractivity contribution in [2.24, 2.45) is 23.2 Å². The molecular weight excluding hydrogens is 260 g/mol. The number of nitrogens with zero attached hydrogens (tertiary/aromatic N) is 1. The van der Waals surface area contributed by atoms with Crippen LogP contribution in [0.2, 0.25) is 0 Å². The van der Waals surface area contributed by atoms with Gasteiger partial charge in [0.25, 0.3) is 0 Å². The van der Waals surface area contributed by atoms with Crippen molar-refractivity contribution in [1.82, 2.24) is 10.2 Å². The summed E-state index contributed by atoms with van der Waals surface area (Å²) >= 11 is 0. The smallest absolute Gasteiger partial charge is 0.0460 e. The van der Waals surface area contributed by atoms with E-state index in [1.807, 2.05) is 0 Å². The highest BCUT2D eigenvalue weighted by molar-refractivity contribution is 4.90. The summed E-state index contributed by atoms with van der Waals surface area (Å²) in [5.41, 5.74) is 0.445. The van der Waals surface area contributed by atoms with Crippen LogP contribution in [0.4, 0.5) is 0 Å². The molecule has 1 aliphatic carbocycles. The minimum Gasteiger partial charge on any atom is -0.396 e. The van der Waals surface area contributed by atoms with Crippen molar-refractivity contribution in [3.63, 3.8) is 0 Å². The van der Waals surface area contributed by atoms with E-state index in [1.165, 1.54) is 51.7 Å². The summed E-state index contributed by atoms with van der Waals surface area (Å²) in [7, 11) is 2.13. The summed E-state index contributed by atoms with van der Waals surface area (Å²) in [6.07, 6.45) is 6.43. The molecule has 21 heavy (non-hydrogen) atoms. The first-order valence-electron chi connectivity index (χ1n) is 8.94. The summed E-state index contributed by atoms with van der Waals surface area (Å²) in [5, 5.41) is 12.8. The summed E-state index contributed by atoms with van der Waals surface area (Å²) < 4.78 is 0.